The number of rotatable bonds is 5. The fourth-order valence-corrected chi connectivity index (χ4v) is 4.02. The smallest absolute Gasteiger partial charge is 0.358 e. The number of nitrogens with zero attached hydrogens (tertiary/aromatic N) is 2. The van der Waals surface area contributed by atoms with Crippen molar-refractivity contribution in [2.75, 3.05) is 6.61 Å². The number of halogens is 3. The van der Waals surface area contributed by atoms with E-state index in [1.54, 1.807) is 0 Å². The molecule has 0 radical (unpaired) electrons. The van der Waals surface area contributed by atoms with Crippen LogP contribution >= 0.6 is 34.8 Å². The van der Waals surface area contributed by atoms with E-state index in [4.69, 9.17) is 39.5 Å². The number of ether oxygens (including phenoxy) is 1. The molecule has 0 bridgehead atoms. The van der Waals surface area contributed by atoms with Gasteiger partial charge in [-0.15, -0.1) is 0 Å². The minimum absolute atomic E-state index is 0.00275. The lowest BCUT2D eigenvalue weighted by atomic mass is 10.0. The number of Topliss-reactive ketones (excluding diaryl/α,β-unsaturated/α-hetero) is 1. The number of benzene rings is 2. The zero-order valence-corrected chi connectivity index (χ0v) is 18.5. The molecule has 0 fully saturated rings. The van der Waals surface area contributed by atoms with Crippen LogP contribution in [0.3, 0.4) is 0 Å². The number of aryl methyl sites for hydroxylation is 1. The van der Waals surface area contributed by atoms with E-state index in [0.717, 1.165) is 22.2 Å². The second kappa shape index (κ2) is 8.71. The van der Waals surface area contributed by atoms with Gasteiger partial charge in [-0.2, -0.15) is 0 Å². The minimum atomic E-state index is -0.863. The standard InChI is InChI=1S/C23H15Cl3N2O3/c1-28-16-10-6-5-9-14(16)18(22(28)13-7-3-2-4-8-13)17(29)12-31-23(30)21-20(26)19(25)15(24)11-27-21/h2-11H,12H2,1H3. The number of hydrogen-bond donors (Lipinski definition) is 0. The molecule has 0 spiro atoms. The summed E-state index contributed by atoms with van der Waals surface area (Å²) in [5.74, 6) is -1.21. The predicted molar refractivity (Wildman–Crippen MR) is 122 cm³/mol. The van der Waals surface area contributed by atoms with Crippen LogP contribution in [0.5, 0.6) is 0 Å². The van der Waals surface area contributed by atoms with E-state index in [0.29, 0.717) is 5.56 Å². The first-order valence-corrected chi connectivity index (χ1v) is 10.4. The van der Waals surface area contributed by atoms with Gasteiger partial charge < -0.3 is 9.30 Å². The minimum Gasteiger partial charge on any atom is -0.453 e. The van der Waals surface area contributed by atoms with E-state index in [9.17, 15) is 9.59 Å². The number of hydrogen-bond acceptors (Lipinski definition) is 4. The molecule has 4 rings (SSSR count). The summed E-state index contributed by atoms with van der Waals surface area (Å²) in [4.78, 5) is 29.5. The number of fused-ring (bicyclic) bond motifs is 1. The quantitative estimate of drug-likeness (QED) is 0.254. The first-order valence-electron chi connectivity index (χ1n) is 9.22. The molecule has 2 aromatic carbocycles. The van der Waals surface area contributed by atoms with Crippen molar-refractivity contribution in [3.63, 3.8) is 0 Å². The van der Waals surface area contributed by atoms with Gasteiger partial charge in [0, 0.05) is 24.1 Å². The summed E-state index contributed by atoms with van der Waals surface area (Å²) in [7, 11) is 1.90. The molecule has 0 unspecified atom stereocenters. The molecule has 0 saturated carbocycles. The van der Waals surface area contributed by atoms with Gasteiger partial charge in [0.25, 0.3) is 0 Å². The lowest BCUT2D eigenvalue weighted by Crippen LogP contribution is -2.16. The van der Waals surface area contributed by atoms with Crippen molar-refractivity contribution < 1.29 is 14.3 Å². The monoisotopic (exact) mass is 472 g/mol. The highest BCUT2D eigenvalue weighted by Crippen LogP contribution is 2.34. The zero-order valence-electron chi connectivity index (χ0n) is 16.2. The summed E-state index contributed by atoms with van der Waals surface area (Å²) >= 11 is 17.8. The average molecular weight is 474 g/mol. The number of para-hydroxylation sites is 1. The maximum absolute atomic E-state index is 13.2. The number of carbonyl (C=O) groups excluding carboxylic acids is 2. The third kappa shape index (κ3) is 3.92. The molecule has 0 aliphatic carbocycles. The summed E-state index contributed by atoms with van der Waals surface area (Å²) in [5, 5.41) is 0.761. The van der Waals surface area contributed by atoms with Gasteiger partial charge in [0.05, 0.1) is 26.3 Å². The van der Waals surface area contributed by atoms with Crippen LogP contribution in [0, 0.1) is 0 Å². The van der Waals surface area contributed by atoms with Crippen molar-refractivity contribution in [2.45, 2.75) is 0 Å². The van der Waals surface area contributed by atoms with Gasteiger partial charge >= 0.3 is 5.97 Å². The Morgan fingerprint density at radius 2 is 1.65 bits per heavy atom. The van der Waals surface area contributed by atoms with Gasteiger partial charge in [-0.3, -0.25) is 4.79 Å². The molecule has 8 heteroatoms. The maximum atomic E-state index is 13.2. The van der Waals surface area contributed by atoms with Crippen LogP contribution in [-0.4, -0.2) is 27.9 Å². The van der Waals surface area contributed by atoms with Crippen molar-refractivity contribution in [1.29, 1.82) is 0 Å². The molecule has 0 saturated heterocycles. The molecule has 0 N–H and O–H groups in total. The molecule has 156 valence electrons. The lowest BCUT2D eigenvalue weighted by molar-refractivity contribution is 0.0469. The third-order valence-corrected chi connectivity index (χ3v) is 6.12. The second-order valence-corrected chi connectivity index (χ2v) is 7.91. The van der Waals surface area contributed by atoms with Crippen LogP contribution < -0.4 is 0 Å². The second-order valence-electron chi connectivity index (χ2n) is 6.75. The van der Waals surface area contributed by atoms with Crippen molar-refractivity contribution in [1.82, 2.24) is 9.55 Å². The topological polar surface area (TPSA) is 61.2 Å². The van der Waals surface area contributed by atoms with Gasteiger partial charge in [0.15, 0.2) is 12.3 Å². The number of esters is 1. The summed E-state index contributed by atoms with van der Waals surface area (Å²) in [6.45, 7) is -0.481. The molecule has 0 atom stereocenters. The van der Waals surface area contributed by atoms with Crippen LogP contribution in [0.25, 0.3) is 22.2 Å². The first-order chi connectivity index (χ1) is 14.9. The van der Waals surface area contributed by atoms with Crippen LogP contribution in [-0.2, 0) is 11.8 Å². The molecule has 31 heavy (non-hydrogen) atoms. The highest BCUT2D eigenvalue weighted by atomic mass is 35.5. The van der Waals surface area contributed by atoms with E-state index >= 15 is 0 Å². The third-order valence-electron chi connectivity index (χ3n) is 4.88. The molecular weight excluding hydrogens is 459 g/mol. The highest BCUT2D eigenvalue weighted by molar-refractivity contribution is 6.48. The van der Waals surface area contributed by atoms with E-state index in [1.165, 1.54) is 6.20 Å². The first kappa shape index (κ1) is 21.4. The average Bonchev–Trinajstić information content (AvgIpc) is 3.09. The van der Waals surface area contributed by atoms with E-state index in [2.05, 4.69) is 4.98 Å². The van der Waals surface area contributed by atoms with E-state index < -0.39 is 12.6 Å². The van der Waals surface area contributed by atoms with Gasteiger partial charge in [0.2, 0.25) is 5.78 Å². The Kier molecular flexibility index (Phi) is 6.01. The summed E-state index contributed by atoms with van der Waals surface area (Å²) in [6.07, 6.45) is 1.20. The fourth-order valence-electron chi connectivity index (χ4n) is 3.47. The summed E-state index contributed by atoms with van der Waals surface area (Å²) < 4.78 is 7.18. The van der Waals surface area contributed by atoms with Crippen molar-refractivity contribution in [3.05, 3.63) is 87.1 Å². The van der Waals surface area contributed by atoms with Crippen LogP contribution in [0.15, 0.2) is 60.8 Å². The molecular formula is C23H15Cl3N2O3. The van der Waals surface area contributed by atoms with Crippen LogP contribution in [0.4, 0.5) is 0 Å². The molecule has 2 heterocycles. The molecule has 5 nitrogen and oxygen atoms in total. The van der Waals surface area contributed by atoms with Crippen LogP contribution in [0.1, 0.15) is 20.8 Å². The van der Waals surface area contributed by atoms with Gasteiger partial charge in [-0.1, -0.05) is 83.3 Å². The molecule has 0 amide bonds. The number of aromatic nitrogens is 2. The lowest BCUT2D eigenvalue weighted by Gasteiger charge is -2.09. The van der Waals surface area contributed by atoms with Crippen molar-refractivity contribution in [3.8, 4) is 11.3 Å². The van der Waals surface area contributed by atoms with Crippen LogP contribution in [0.2, 0.25) is 15.1 Å². The van der Waals surface area contributed by atoms with Gasteiger partial charge in [-0.05, 0) is 11.6 Å². The molecule has 0 aliphatic heterocycles. The predicted octanol–water partition coefficient (Wildman–Crippen LogP) is 6.24. The Balaban J connectivity index is 1.69. The van der Waals surface area contributed by atoms with Gasteiger partial charge in [0.1, 0.15) is 0 Å². The Hall–Kier alpha value is -2.86. The Bertz CT molecular complexity index is 1320. The summed E-state index contributed by atoms with van der Waals surface area (Å²) in [6, 6.07) is 17.1. The Labute approximate surface area is 193 Å². The molecule has 0 aliphatic rings. The number of ketones is 1. The Morgan fingerprint density at radius 3 is 2.39 bits per heavy atom. The molecule has 2 aromatic heterocycles. The fraction of sp³-hybridized carbons (Fsp3) is 0.0870. The highest BCUT2D eigenvalue weighted by Gasteiger charge is 2.24. The molecule has 4 aromatic rings. The number of pyridine rings is 1. The van der Waals surface area contributed by atoms with E-state index in [-0.39, 0.29) is 26.5 Å². The van der Waals surface area contributed by atoms with E-state index in [1.807, 2.05) is 66.2 Å². The zero-order chi connectivity index (χ0) is 22.1. The SMILES string of the molecule is Cn1c(-c2ccccc2)c(C(=O)COC(=O)c2ncc(Cl)c(Cl)c2Cl)c2ccccc21. The van der Waals surface area contributed by atoms with Crippen molar-refractivity contribution in [2.24, 2.45) is 7.05 Å². The number of carbonyl (C=O) groups is 2. The Morgan fingerprint density at radius 1 is 0.968 bits per heavy atom. The van der Waals surface area contributed by atoms with Crippen molar-refractivity contribution >= 4 is 57.5 Å². The van der Waals surface area contributed by atoms with Gasteiger partial charge in [-0.25, -0.2) is 9.78 Å². The normalized spacial score (nSPS) is 11.0. The maximum Gasteiger partial charge on any atom is 0.358 e. The summed E-state index contributed by atoms with van der Waals surface area (Å²) in [5.41, 5.74) is 2.79. The largest absolute Gasteiger partial charge is 0.453 e.